The average Bonchev–Trinajstić information content (AvgIpc) is 2.79. The zero-order valence-electron chi connectivity index (χ0n) is 21.8. The van der Waals surface area contributed by atoms with Crippen molar-refractivity contribution >= 4 is 35.4 Å². The first-order chi connectivity index (χ1) is 16.7. The van der Waals surface area contributed by atoms with Crippen molar-refractivity contribution in [3.05, 3.63) is 75.6 Å². The van der Waals surface area contributed by atoms with Gasteiger partial charge in [-0.3, -0.25) is 9.79 Å². The number of benzene rings is 1. The molecular weight excluding hydrogens is 480 g/mol. The number of hydrogen-bond donors (Lipinski definition) is 2. The number of carboxylic acid groups (broad SMARTS) is 1. The highest BCUT2D eigenvalue weighted by atomic mass is 35.5. The molecule has 0 saturated heterocycles. The second kappa shape index (κ2) is 11.0. The van der Waals surface area contributed by atoms with E-state index in [2.05, 4.69) is 21.5 Å². The van der Waals surface area contributed by atoms with E-state index in [1.54, 1.807) is 53.8 Å². The quantitative estimate of drug-likeness (QED) is 0.255. The van der Waals surface area contributed by atoms with Crippen LogP contribution in [0.3, 0.4) is 0 Å². The van der Waals surface area contributed by atoms with Gasteiger partial charge in [0.1, 0.15) is 29.0 Å². The number of halogens is 1. The third kappa shape index (κ3) is 5.99. The predicted molar refractivity (Wildman–Crippen MR) is 142 cm³/mol. The van der Waals surface area contributed by atoms with Crippen molar-refractivity contribution in [3.8, 4) is 0 Å². The number of nitrogen functional groups attached to an aromatic ring is 1. The smallest absolute Gasteiger partial charge is 0.309 e. The fourth-order valence-corrected chi connectivity index (χ4v) is 4.08. The maximum Gasteiger partial charge on any atom is 0.309 e. The van der Waals surface area contributed by atoms with Crippen molar-refractivity contribution in [1.82, 2.24) is 9.97 Å². The fourth-order valence-electron chi connectivity index (χ4n) is 3.91. The molecule has 9 heteroatoms. The van der Waals surface area contributed by atoms with E-state index in [-0.39, 0.29) is 18.0 Å². The van der Waals surface area contributed by atoms with Crippen LogP contribution >= 0.6 is 11.6 Å². The summed E-state index contributed by atoms with van der Waals surface area (Å²) in [6.45, 7) is 14.2. The Bertz CT molecular complexity index is 1240. The Hall–Kier alpha value is -3.52. The SMILES string of the molecule is C=C(O/C=C(\C)CC(C)(C)C(=O)O)C(C)(C=O)c1c(C)nc(C(=NC)c2cc(Cl)ccc2C)nc1N. The Morgan fingerprint density at radius 2 is 1.92 bits per heavy atom. The topological polar surface area (TPSA) is 128 Å². The minimum atomic E-state index is -1.36. The summed E-state index contributed by atoms with van der Waals surface area (Å²) in [7, 11) is 1.63. The lowest BCUT2D eigenvalue weighted by Crippen LogP contribution is -2.31. The zero-order chi connectivity index (χ0) is 27.4. The van der Waals surface area contributed by atoms with Gasteiger partial charge in [-0.15, -0.1) is 0 Å². The van der Waals surface area contributed by atoms with E-state index < -0.39 is 16.8 Å². The molecule has 0 radical (unpaired) electrons. The van der Waals surface area contributed by atoms with Crippen molar-refractivity contribution in [2.75, 3.05) is 12.8 Å². The molecule has 36 heavy (non-hydrogen) atoms. The molecule has 2 rings (SSSR count). The van der Waals surface area contributed by atoms with Crippen molar-refractivity contribution < 1.29 is 19.4 Å². The van der Waals surface area contributed by atoms with Crippen molar-refractivity contribution in [2.24, 2.45) is 10.4 Å². The number of rotatable bonds is 10. The zero-order valence-corrected chi connectivity index (χ0v) is 22.5. The van der Waals surface area contributed by atoms with Crippen LogP contribution in [0.5, 0.6) is 0 Å². The van der Waals surface area contributed by atoms with Gasteiger partial charge in [-0.25, -0.2) is 9.97 Å². The van der Waals surface area contributed by atoms with Crippen molar-refractivity contribution in [3.63, 3.8) is 0 Å². The standard InChI is InChI=1S/C27H33ClN4O4/c1-15(12-26(5,6)25(34)35)13-36-18(4)27(7,14-33)21-17(3)31-24(32-23(21)29)22(30-8)20-11-19(28)10-9-16(20)2/h9-11,13-14H,4,12H2,1-3,5-8H3,(H,34,35)(H2,29,31,32)/b15-13+,30-22?. The van der Waals surface area contributed by atoms with Gasteiger partial charge in [0.2, 0.25) is 0 Å². The largest absolute Gasteiger partial charge is 0.481 e. The Balaban J connectivity index is 2.46. The molecule has 0 aliphatic carbocycles. The van der Waals surface area contributed by atoms with E-state index in [0.717, 1.165) is 11.1 Å². The molecule has 1 aromatic carbocycles. The van der Waals surface area contributed by atoms with Gasteiger partial charge in [0.05, 0.1) is 11.7 Å². The molecule has 0 aliphatic heterocycles. The van der Waals surface area contributed by atoms with Crippen LogP contribution in [0.15, 0.2) is 47.4 Å². The van der Waals surface area contributed by atoms with Gasteiger partial charge in [-0.1, -0.05) is 24.2 Å². The van der Waals surface area contributed by atoms with Gasteiger partial charge in [-0.2, -0.15) is 0 Å². The monoisotopic (exact) mass is 512 g/mol. The summed E-state index contributed by atoms with van der Waals surface area (Å²) < 4.78 is 5.72. The summed E-state index contributed by atoms with van der Waals surface area (Å²) in [5.41, 5.74) is 7.76. The molecule has 192 valence electrons. The molecule has 0 amide bonds. The van der Waals surface area contributed by atoms with Gasteiger partial charge in [0.25, 0.3) is 0 Å². The van der Waals surface area contributed by atoms with Crippen molar-refractivity contribution in [2.45, 2.75) is 53.4 Å². The third-order valence-corrected chi connectivity index (χ3v) is 6.28. The number of carboxylic acids is 1. The summed E-state index contributed by atoms with van der Waals surface area (Å²) >= 11 is 6.19. The second-order valence-corrected chi connectivity index (χ2v) is 10.1. The highest BCUT2D eigenvalue weighted by molar-refractivity contribution is 6.31. The highest BCUT2D eigenvalue weighted by Crippen LogP contribution is 2.36. The number of anilines is 1. The van der Waals surface area contributed by atoms with E-state index in [1.807, 2.05) is 13.0 Å². The number of allylic oxidation sites excluding steroid dienone is 2. The van der Waals surface area contributed by atoms with Crippen LogP contribution in [0.1, 0.15) is 62.3 Å². The Kier molecular flexibility index (Phi) is 8.80. The molecule has 1 atom stereocenters. The maximum absolute atomic E-state index is 12.3. The number of nitrogens with two attached hydrogens (primary N) is 1. The Morgan fingerprint density at radius 1 is 1.28 bits per heavy atom. The molecular formula is C27H33ClN4O4. The molecule has 0 bridgehead atoms. The minimum absolute atomic E-state index is 0.0883. The van der Waals surface area contributed by atoms with E-state index in [4.69, 9.17) is 22.1 Å². The normalized spacial score (nSPS) is 14.2. The summed E-state index contributed by atoms with van der Waals surface area (Å²) in [4.78, 5) is 37.2. The van der Waals surface area contributed by atoms with Crippen LogP contribution in [0.4, 0.5) is 5.82 Å². The number of aryl methyl sites for hydroxylation is 2. The summed E-state index contributed by atoms with van der Waals surface area (Å²) in [5, 5.41) is 9.90. The van der Waals surface area contributed by atoms with Crippen LogP contribution < -0.4 is 5.73 Å². The molecule has 8 nitrogen and oxygen atoms in total. The number of aliphatic imine (C=N–C) groups is 1. The molecule has 1 heterocycles. The van der Waals surface area contributed by atoms with Crippen molar-refractivity contribution in [1.29, 1.82) is 0 Å². The average molecular weight is 513 g/mol. The summed E-state index contributed by atoms with van der Waals surface area (Å²) in [6, 6.07) is 5.45. The van der Waals surface area contributed by atoms with Gasteiger partial charge in [0, 0.05) is 28.9 Å². The minimum Gasteiger partial charge on any atom is -0.481 e. The van der Waals surface area contributed by atoms with E-state index in [0.29, 0.717) is 39.7 Å². The number of hydrogen-bond acceptors (Lipinski definition) is 7. The Labute approximate surface area is 217 Å². The van der Waals surface area contributed by atoms with Crippen LogP contribution in [-0.4, -0.2) is 40.1 Å². The number of aldehydes is 1. The number of carbonyl (C=O) groups is 2. The first kappa shape index (κ1) is 28.7. The van der Waals surface area contributed by atoms with E-state index >= 15 is 0 Å². The van der Waals surface area contributed by atoms with Crippen LogP contribution in [-0.2, 0) is 19.7 Å². The summed E-state index contributed by atoms with van der Waals surface area (Å²) in [5.74, 6) is -0.431. The highest BCUT2D eigenvalue weighted by Gasteiger charge is 2.37. The van der Waals surface area contributed by atoms with Gasteiger partial charge in [0.15, 0.2) is 5.82 Å². The molecule has 0 spiro atoms. The third-order valence-electron chi connectivity index (χ3n) is 6.04. The lowest BCUT2D eigenvalue weighted by atomic mass is 9.81. The lowest BCUT2D eigenvalue weighted by molar-refractivity contribution is -0.146. The molecule has 2 aromatic rings. The number of aromatic nitrogens is 2. The van der Waals surface area contributed by atoms with Crippen LogP contribution in [0, 0.1) is 19.3 Å². The lowest BCUT2D eigenvalue weighted by Gasteiger charge is -2.28. The molecule has 3 N–H and O–H groups in total. The number of ether oxygens (including phenoxy) is 1. The molecule has 1 aromatic heterocycles. The van der Waals surface area contributed by atoms with Crippen LogP contribution in [0.25, 0.3) is 0 Å². The van der Waals surface area contributed by atoms with E-state index in [1.165, 1.54) is 6.26 Å². The van der Waals surface area contributed by atoms with Gasteiger partial charge in [-0.05, 0) is 71.2 Å². The van der Waals surface area contributed by atoms with Gasteiger partial charge < -0.3 is 20.4 Å². The molecule has 0 fully saturated rings. The van der Waals surface area contributed by atoms with E-state index in [9.17, 15) is 14.7 Å². The second-order valence-electron chi connectivity index (χ2n) is 9.62. The first-order valence-electron chi connectivity index (χ1n) is 11.3. The molecule has 0 aliphatic rings. The Morgan fingerprint density at radius 3 is 2.44 bits per heavy atom. The number of nitrogens with zero attached hydrogens (tertiary/aromatic N) is 3. The number of aliphatic carboxylic acids is 1. The molecule has 1 unspecified atom stereocenters. The van der Waals surface area contributed by atoms with Gasteiger partial charge >= 0.3 is 5.97 Å². The fraction of sp³-hybridized carbons (Fsp3) is 0.370. The first-order valence-corrected chi connectivity index (χ1v) is 11.7. The summed E-state index contributed by atoms with van der Waals surface area (Å²) in [6.07, 6.45) is 2.34. The maximum atomic E-state index is 12.3. The van der Waals surface area contributed by atoms with Crippen LogP contribution in [0.2, 0.25) is 5.02 Å². The molecule has 0 saturated carbocycles. The number of carbonyl (C=O) groups excluding carboxylic acids is 1. The predicted octanol–water partition coefficient (Wildman–Crippen LogP) is 5.19.